The summed E-state index contributed by atoms with van der Waals surface area (Å²) in [7, 11) is 0. The van der Waals surface area contributed by atoms with Gasteiger partial charge in [0.15, 0.2) is 12.4 Å². The van der Waals surface area contributed by atoms with Gasteiger partial charge in [-0.1, -0.05) is 17.7 Å². The van der Waals surface area contributed by atoms with Gasteiger partial charge >= 0.3 is 0 Å². The van der Waals surface area contributed by atoms with Crippen molar-refractivity contribution in [1.82, 2.24) is 9.78 Å². The van der Waals surface area contributed by atoms with Crippen LogP contribution in [-0.4, -0.2) is 20.6 Å². The SMILES string of the molecule is Cc1cc(C)cc(Oc2cc(NC(=O)c3ccn(COc4ccc(Cl)cc4Br)n3)cc([N+](=O)[O-])c2)c1. The zero-order chi connectivity index (χ0) is 25.8. The minimum absolute atomic E-state index is 0.0538. The summed E-state index contributed by atoms with van der Waals surface area (Å²) in [6.07, 6.45) is 1.58. The van der Waals surface area contributed by atoms with Gasteiger partial charge in [-0.15, -0.1) is 0 Å². The first kappa shape index (κ1) is 25.2. The van der Waals surface area contributed by atoms with Gasteiger partial charge in [-0.05, 0) is 77.3 Å². The number of nitrogens with one attached hydrogen (secondary N) is 1. The van der Waals surface area contributed by atoms with E-state index < -0.39 is 10.8 Å². The maximum atomic E-state index is 12.8. The number of benzene rings is 3. The Morgan fingerprint density at radius 3 is 2.50 bits per heavy atom. The van der Waals surface area contributed by atoms with E-state index in [1.54, 1.807) is 24.4 Å². The number of nitro benzene ring substituents is 1. The van der Waals surface area contributed by atoms with Crippen molar-refractivity contribution >= 4 is 44.8 Å². The monoisotopic (exact) mass is 570 g/mol. The van der Waals surface area contributed by atoms with Crippen LogP contribution in [0.4, 0.5) is 11.4 Å². The number of amides is 1. The summed E-state index contributed by atoms with van der Waals surface area (Å²) < 4.78 is 13.7. The molecule has 0 aliphatic rings. The fourth-order valence-electron chi connectivity index (χ4n) is 3.43. The van der Waals surface area contributed by atoms with Crippen LogP contribution in [-0.2, 0) is 6.73 Å². The standard InChI is InChI=1S/C25H20BrClN4O5/c1-15-7-16(2)9-20(8-15)36-21-12-18(11-19(13-21)31(33)34)28-25(32)23-5-6-30(29-23)14-35-24-4-3-17(27)10-22(24)26/h3-13H,14H2,1-2H3,(H,28,32). The summed E-state index contributed by atoms with van der Waals surface area (Å²) in [4.78, 5) is 23.7. The number of nitrogens with zero attached hydrogens (tertiary/aromatic N) is 3. The molecular weight excluding hydrogens is 552 g/mol. The molecule has 11 heteroatoms. The molecule has 1 N–H and O–H groups in total. The zero-order valence-corrected chi connectivity index (χ0v) is 21.5. The Morgan fingerprint density at radius 1 is 1.08 bits per heavy atom. The predicted molar refractivity (Wildman–Crippen MR) is 139 cm³/mol. The second kappa shape index (κ2) is 10.8. The topological polar surface area (TPSA) is 109 Å². The third-order valence-corrected chi connectivity index (χ3v) is 5.77. The number of nitro groups is 1. The lowest BCUT2D eigenvalue weighted by molar-refractivity contribution is -0.384. The first-order valence-electron chi connectivity index (χ1n) is 10.6. The van der Waals surface area contributed by atoms with Crippen LogP contribution < -0.4 is 14.8 Å². The lowest BCUT2D eigenvalue weighted by Gasteiger charge is -2.10. The second-order valence-electron chi connectivity index (χ2n) is 7.94. The third-order valence-electron chi connectivity index (χ3n) is 4.91. The largest absolute Gasteiger partial charge is 0.470 e. The quantitative estimate of drug-likeness (QED) is 0.182. The van der Waals surface area contributed by atoms with E-state index in [0.29, 0.717) is 21.0 Å². The summed E-state index contributed by atoms with van der Waals surface area (Å²) in [6, 6.07) is 16.3. The van der Waals surface area contributed by atoms with Crippen LogP contribution in [0.1, 0.15) is 21.6 Å². The second-order valence-corrected chi connectivity index (χ2v) is 9.23. The molecule has 184 valence electrons. The normalized spacial score (nSPS) is 10.7. The van der Waals surface area contributed by atoms with Gasteiger partial charge in [-0.3, -0.25) is 14.9 Å². The Kier molecular flexibility index (Phi) is 7.56. The van der Waals surface area contributed by atoms with Gasteiger partial charge in [-0.2, -0.15) is 5.10 Å². The molecule has 4 aromatic rings. The van der Waals surface area contributed by atoms with Crippen molar-refractivity contribution in [3.63, 3.8) is 0 Å². The molecule has 0 fully saturated rings. The molecule has 0 atom stereocenters. The Balaban J connectivity index is 1.48. The Bertz CT molecular complexity index is 1440. The van der Waals surface area contributed by atoms with Crippen molar-refractivity contribution in [1.29, 1.82) is 0 Å². The van der Waals surface area contributed by atoms with Gasteiger partial charge in [0, 0.05) is 23.4 Å². The molecule has 0 spiro atoms. The number of aryl methyl sites for hydroxylation is 2. The maximum absolute atomic E-state index is 12.8. The number of aromatic nitrogens is 2. The molecule has 0 aliphatic heterocycles. The molecular formula is C25H20BrClN4O5. The van der Waals surface area contributed by atoms with Crippen LogP contribution in [0.2, 0.25) is 5.02 Å². The van der Waals surface area contributed by atoms with E-state index in [9.17, 15) is 14.9 Å². The molecule has 0 radical (unpaired) electrons. The fraction of sp³-hybridized carbons (Fsp3) is 0.120. The number of non-ortho nitro benzene ring substituents is 1. The van der Waals surface area contributed by atoms with E-state index in [1.165, 1.54) is 28.9 Å². The highest BCUT2D eigenvalue weighted by molar-refractivity contribution is 9.10. The van der Waals surface area contributed by atoms with Crippen LogP contribution in [0.3, 0.4) is 0 Å². The maximum Gasteiger partial charge on any atom is 0.276 e. The van der Waals surface area contributed by atoms with Crippen molar-refractivity contribution < 1.29 is 19.2 Å². The molecule has 36 heavy (non-hydrogen) atoms. The molecule has 1 aromatic heterocycles. The predicted octanol–water partition coefficient (Wildman–Crippen LogP) is 6.91. The molecule has 9 nitrogen and oxygen atoms in total. The Hall–Kier alpha value is -3.89. The van der Waals surface area contributed by atoms with Gasteiger partial charge < -0.3 is 14.8 Å². The molecule has 1 heterocycles. The van der Waals surface area contributed by atoms with E-state index >= 15 is 0 Å². The molecule has 3 aromatic carbocycles. The summed E-state index contributed by atoms with van der Waals surface area (Å²) in [6.45, 7) is 3.91. The van der Waals surface area contributed by atoms with Crippen molar-refractivity contribution in [3.8, 4) is 17.2 Å². The highest BCUT2D eigenvalue weighted by Gasteiger charge is 2.16. The molecule has 0 unspecified atom stereocenters. The molecule has 4 rings (SSSR count). The van der Waals surface area contributed by atoms with Gasteiger partial charge in [0.25, 0.3) is 11.6 Å². The highest BCUT2D eigenvalue weighted by Crippen LogP contribution is 2.31. The smallest absolute Gasteiger partial charge is 0.276 e. The van der Waals surface area contributed by atoms with Crippen molar-refractivity contribution in [3.05, 3.63) is 103 Å². The van der Waals surface area contributed by atoms with E-state index in [2.05, 4.69) is 26.3 Å². The lowest BCUT2D eigenvalue weighted by Crippen LogP contribution is -2.14. The number of carbonyl (C=O) groups excluding carboxylic acids is 1. The van der Waals surface area contributed by atoms with Crippen molar-refractivity contribution in [2.45, 2.75) is 20.6 Å². The van der Waals surface area contributed by atoms with Crippen LogP contribution in [0.5, 0.6) is 17.2 Å². The average molecular weight is 572 g/mol. The first-order chi connectivity index (χ1) is 17.2. The van der Waals surface area contributed by atoms with Crippen LogP contribution >= 0.6 is 27.5 Å². The number of hydrogen-bond acceptors (Lipinski definition) is 6. The van der Waals surface area contributed by atoms with Gasteiger partial charge in [-0.25, -0.2) is 4.68 Å². The van der Waals surface area contributed by atoms with E-state index in [4.69, 9.17) is 21.1 Å². The van der Waals surface area contributed by atoms with Crippen LogP contribution in [0.25, 0.3) is 0 Å². The number of halogens is 2. The van der Waals surface area contributed by atoms with E-state index in [1.807, 2.05) is 32.0 Å². The number of rotatable bonds is 8. The Morgan fingerprint density at radius 2 is 1.81 bits per heavy atom. The van der Waals surface area contributed by atoms with Gasteiger partial charge in [0.1, 0.15) is 17.2 Å². The van der Waals surface area contributed by atoms with Gasteiger partial charge in [0.05, 0.1) is 21.1 Å². The molecule has 1 amide bonds. The van der Waals surface area contributed by atoms with Crippen molar-refractivity contribution in [2.24, 2.45) is 0 Å². The number of anilines is 1. The minimum atomic E-state index is -0.551. The first-order valence-corrected chi connectivity index (χ1v) is 11.8. The summed E-state index contributed by atoms with van der Waals surface area (Å²) >= 11 is 9.31. The minimum Gasteiger partial charge on any atom is -0.470 e. The van der Waals surface area contributed by atoms with E-state index in [-0.39, 0.29) is 29.5 Å². The highest BCUT2D eigenvalue weighted by atomic mass is 79.9. The van der Waals surface area contributed by atoms with Crippen LogP contribution in [0.15, 0.2) is 71.3 Å². The molecule has 0 saturated heterocycles. The molecule has 0 aliphatic carbocycles. The lowest BCUT2D eigenvalue weighted by atomic mass is 10.1. The van der Waals surface area contributed by atoms with Gasteiger partial charge in [0.2, 0.25) is 0 Å². The number of hydrogen-bond donors (Lipinski definition) is 1. The third kappa shape index (κ3) is 6.41. The molecule has 0 bridgehead atoms. The average Bonchev–Trinajstić information content (AvgIpc) is 3.27. The fourth-order valence-corrected chi connectivity index (χ4v) is 4.22. The summed E-state index contributed by atoms with van der Waals surface area (Å²) in [5.74, 6) is 0.779. The Labute approximate surface area is 219 Å². The van der Waals surface area contributed by atoms with Crippen LogP contribution in [0, 0.1) is 24.0 Å². The summed E-state index contributed by atoms with van der Waals surface area (Å²) in [5.41, 5.74) is 2.07. The summed E-state index contributed by atoms with van der Waals surface area (Å²) in [5, 5.41) is 18.9. The van der Waals surface area contributed by atoms with Crippen molar-refractivity contribution in [2.75, 3.05) is 5.32 Å². The zero-order valence-electron chi connectivity index (χ0n) is 19.2. The molecule has 0 saturated carbocycles. The number of carbonyl (C=O) groups is 1. The number of ether oxygens (including phenoxy) is 2. The van der Waals surface area contributed by atoms with E-state index in [0.717, 1.165) is 11.1 Å².